The van der Waals surface area contributed by atoms with Crippen molar-refractivity contribution in [3.05, 3.63) is 12.7 Å². The van der Waals surface area contributed by atoms with Crippen LogP contribution in [0.15, 0.2) is 12.7 Å². The summed E-state index contributed by atoms with van der Waals surface area (Å²) >= 11 is 0. The molecule has 0 fully saturated rings. The first-order chi connectivity index (χ1) is 7.08. The SMILES string of the molecule is C=CCNC(=O)OCC(C)(CO)CCC. The van der Waals surface area contributed by atoms with Crippen molar-refractivity contribution >= 4 is 6.09 Å². The van der Waals surface area contributed by atoms with Gasteiger partial charge in [-0.2, -0.15) is 0 Å². The first-order valence-corrected chi connectivity index (χ1v) is 5.20. The Bertz CT molecular complexity index is 206. The van der Waals surface area contributed by atoms with E-state index in [9.17, 15) is 9.90 Å². The van der Waals surface area contributed by atoms with E-state index >= 15 is 0 Å². The van der Waals surface area contributed by atoms with E-state index in [-0.39, 0.29) is 18.6 Å². The Labute approximate surface area is 91.3 Å². The maximum Gasteiger partial charge on any atom is 0.407 e. The lowest BCUT2D eigenvalue weighted by Crippen LogP contribution is -2.32. The second-order valence-electron chi connectivity index (χ2n) is 3.96. The number of aliphatic hydroxyl groups excluding tert-OH is 1. The molecule has 0 radical (unpaired) electrons. The number of carbonyl (C=O) groups excluding carboxylic acids is 1. The highest BCUT2D eigenvalue weighted by atomic mass is 16.5. The molecule has 2 N–H and O–H groups in total. The Morgan fingerprint density at radius 1 is 1.67 bits per heavy atom. The predicted octanol–water partition coefficient (Wildman–Crippen LogP) is 1.70. The second kappa shape index (κ2) is 7.29. The quantitative estimate of drug-likeness (QED) is 0.635. The molecule has 4 heteroatoms. The maximum absolute atomic E-state index is 11.1. The summed E-state index contributed by atoms with van der Waals surface area (Å²) in [7, 11) is 0. The van der Waals surface area contributed by atoms with Crippen LogP contribution in [0.1, 0.15) is 26.7 Å². The molecular weight excluding hydrogens is 194 g/mol. The molecule has 0 aliphatic rings. The summed E-state index contributed by atoms with van der Waals surface area (Å²) in [6.07, 6.45) is 2.90. The van der Waals surface area contributed by atoms with Crippen molar-refractivity contribution in [1.82, 2.24) is 5.32 Å². The monoisotopic (exact) mass is 215 g/mol. The summed E-state index contributed by atoms with van der Waals surface area (Å²) in [5, 5.41) is 11.7. The van der Waals surface area contributed by atoms with Crippen molar-refractivity contribution in [3.63, 3.8) is 0 Å². The smallest absolute Gasteiger partial charge is 0.407 e. The summed E-state index contributed by atoms with van der Waals surface area (Å²) in [5.74, 6) is 0. The Balaban J connectivity index is 3.88. The van der Waals surface area contributed by atoms with Gasteiger partial charge in [0.1, 0.15) is 6.61 Å². The standard InChI is InChI=1S/C11H21NO3/c1-4-6-11(3,8-13)9-15-10(14)12-7-5-2/h5,13H,2,4,6-9H2,1,3H3,(H,12,14). The van der Waals surface area contributed by atoms with Crippen molar-refractivity contribution < 1.29 is 14.6 Å². The van der Waals surface area contributed by atoms with E-state index in [1.165, 1.54) is 0 Å². The van der Waals surface area contributed by atoms with Crippen molar-refractivity contribution in [1.29, 1.82) is 0 Å². The van der Waals surface area contributed by atoms with Gasteiger partial charge < -0.3 is 15.2 Å². The molecule has 0 spiro atoms. The highest BCUT2D eigenvalue weighted by Crippen LogP contribution is 2.22. The fourth-order valence-electron chi connectivity index (χ4n) is 1.25. The first kappa shape index (κ1) is 14.0. The third-order valence-electron chi connectivity index (χ3n) is 2.18. The minimum atomic E-state index is -0.467. The lowest BCUT2D eigenvalue weighted by Gasteiger charge is -2.25. The minimum absolute atomic E-state index is 0.0234. The van der Waals surface area contributed by atoms with Crippen LogP contribution in [-0.4, -0.2) is 31.0 Å². The normalized spacial score (nSPS) is 14.1. The molecule has 0 bridgehead atoms. The van der Waals surface area contributed by atoms with Crippen molar-refractivity contribution in [2.45, 2.75) is 26.7 Å². The van der Waals surface area contributed by atoms with Crippen LogP contribution in [0.25, 0.3) is 0 Å². The number of nitrogens with one attached hydrogen (secondary N) is 1. The van der Waals surface area contributed by atoms with E-state index in [2.05, 4.69) is 11.9 Å². The topological polar surface area (TPSA) is 58.6 Å². The average molecular weight is 215 g/mol. The predicted molar refractivity (Wildman–Crippen MR) is 59.6 cm³/mol. The fraction of sp³-hybridized carbons (Fsp3) is 0.727. The molecule has 0 heterocycles. The molecule has 88 valence electrons. The number of ether oxygens (including phenoxy) is 1. The van der Waals surface area contributed by atoms with E-state index in [1.54, 1.807) is 6.08 Å². The largest absolute Gasteiger partial charge is 0.449 e. The van der Waals surface area contributed by atoms with Crippen LogP contribution in [0.3, 0.4) is 0 Å². The molecule has 0 aliphatic heterocycles. The maximum atomic E-state index is 11.1. The van der Waals surface area contributed by atoms with Gasteiger partial charge in [0.15, 0.2) is 0 Å². The van der Waals surface area contributed by atoms with E-state index in [4.69, 9.17) is 4.74 Å². The molecule has 0 aliphatic carbocycles. The van der Waals surface area contributed by atoms with Crippen molar-refractivity contribution in [2.75, 3.05) is 19.8 Å². The molecular formula is C11H21NO3. The third-order valence-corrected chi connectivity index (χ3v) is 2.18. The van der Waals surface area contributed by atoms with Gasteiger partial charge in [-0.05, 0) is 6.42 Å². The summed E-state index contributed by atoms with van der Waals surface area (Å²) in [4.78, 5) is 11.1. The Morgan fingerprint density at radius 2 is 2.33 bits per heavy atom. The Morgan fingerprint density at radius 3 is 2.80 bits per heavy atom. The van der Waals surface area contributed by atoms with Crippen LogP contribution < -0.4 is 5.32 Å². The molecule has 1 atom stereocenters. The summed E-state index contributed by atoms with van der Waals surface area (Å²) in [5.41, 5.74) is -0.333. The molecule has 0 aromatic rings. The lowest BCUT2D eigenvalue weighted by molar-refractivity contribution is 0.0438. The molecule has 0 aromatic carbocycles. The Hall–Kier alpha value is -1.03. The molecule has 1 amide bonds. The summed E-state index contributed by atoms with van der Waals surface area (Å²) < 4.78 is 4.99. The first-order valence-electron chi connectivity index (χ1n) is 5.20. The van der Waals surface area contributed by atoms with E-state index < -0.39 is 6.09 Å². The molecule has 15 heavy (non-hydrogen) atoms. The van der Waals surface area contributed by atoms with Gasteiger partial charge in [-0.3, -0.25) is 0 Å². The zero-order valence-electron chi connectivity index (χ0n) is 9.58. The van der Waals surface area contributed by atoms with Crippen molar-refractivity contribution in [3.8, 4) is 0 Å². The zero-order valence-corrected chi connectivity index (χ0v) is 9.58. The van der Waals surface area contributed by atoms with Crippen molar-refractivity contribution in [2.24, 2.45) is 5.41 Å². The van der Waals surface area contributed by atoms with E-state index in [0.29, 0.717) is 6.54 Å². The van der Waals surface area contributed by atoms with Crippen LogP contribution >= 0.6 is 0 Å². The van der Waals surface area contributed by atoms with E-state index in [1.807, 2.05) is 13.8 Å². The Kier molecular flexibility index (Phi) is 6.79. The van der Waals surface area contributed by atoms with Gasteiger partial charge in [0.25, 0.3) is 0 Å². The van der Waals surface area contributed by atoms with Crippen LogP contribution in [0, 0.1) is 5.41 Å². The van der Waals surface area contributed by atoms with Gasteiger partial charge in [0.05, 0.1) is 6.61 Å². The molecule has 0 rings (SSSR count). The van der Waals surface area contributed by atoms with Gasteiger partial charge in [-0.1, -0.05) is 26.3 Å². The van der Waals surface area contributed by atoms with Crippen LogP contribution in [-0.2, 0) is 4.74 Å². The lowest BCUT2D eigenvalue weighted by atomic mass is 9.88. The van der Waals surface area contributed by atoms with Crippen LogP contribution in [0.2, 0.25) is 0 Å². The molecule has 1 unspecified atom stereocenters. The van der Waals surface area contributed by atoms with Gasteiger partial charge >= 0.3 is 6.09 Å². The van der Waals surface area contributed by atoms with Gasteiger partial charge in [-0.15, -0.1) is 6.58 Å². The number of amides is 1. The third kappa shape index (κ3) is 6.12. The number of aliphatic hydroxyl groups is 1. The second-order valence-corrected chi connectivity index (χ2v) is 3.96. The zero-order chi connectivity index (χ0) is 11.7. The number of rotatable bonds is 7. The number of hydrogen-bond donors (Lipinski definition) is 2. The average Bonchev–Trinajstić information content (AvgIpc) is 2.24. The minimum Gasteiger partial charge on any atom is -0.449 e. The molecule has 0 aromatic heterocycles. The fourth-order valence-corrected chi connectivity index (χ4v) is 1.25. The number of alkyl carbamates (subject to hydrolysis) is 1. The van der Waals surface area contributed by atoms with Gasteiger partial charge in [0, 0.05) is 12.0 Å². The highest BCUT2D eigenvalue weighted by molar-refractivity contribution is 5.67. The number of hydrogen-bond acceptors (Lipinski definition) is 3. The van der Waals surface area contributed by atoms with Crippen LogP contribution in [0.5, 0.6) is 0 Å². The molecule has 4 nitrogen and oxygen atoms in total. The highest BCUT2D eigenvalue weighted by Gasteiger charge is 2.24. The van der Waals surface area contributed by atoms with Gasteiger partial charge in [-0.25, -0.2) is 4.79 Å². The van der Waals surface area contributed by atoms with Gasteiger partial charge in [0.2, 0.25) is 0 Å². The molecule has 0 saturated carbocycles. The van der Waals surface area contributed by atoms with Crippen LogP contribution in [0.4, 0.5) is 4.79 Å². The summed E-state index contributed by atoms with van der Waals surface area (Å²) in [6, 6.07) is 0. The summed E-state index contributed by atoms with van der Waals surface area (Å²) in [6.45, 7) is 8.06. The molecule has 0 saturated heterocycles. The number of carbonyl (C=O) groups is 1. The van der Waals surface area contributed by atoms with E-state index in [0.717, 1.165) is 12.8 Å².